The predicted octanol–water partition coefficient (Wildman–Crippen LogP) is 4.78. The van der Waals surface area contributed by atoms with Crippen LogP contribution in [0.5, 0.6) is 0 Å². The van der Waals surface area contributed by atoms with E-state index in [0.29, 0.717) is 5.41 Å². The van der Waals surface area contributed by atoms with Crippen molar-refractivity contribution >= 4 is 0 Å². The summed E-state index contributed by atoms with van der Waals surface area (Å²) in [5.41, 5.74) is 1.46. The molecule has 0 N–H and O–H groups in total. The first-order valence-corrected chi connectivity index (χ1v) is 6.14. The second kappa shape index (κ2) is 4.02. The van der Waals surface area contributed by atoms with Crippen LogP contribution in [0.2, 0.25) is 0 Å². The first-order valence-electron chi connectivity index (χ1n) is 6.14. The van der Waals surface area contributed by atoms with Crippen LogP contribution in [-0.2, 0) is 0 Å². The molecule has 0 radical (unpaired) electrons. The summed E-state index contributed by atoms with van der Waals surface area (Å²) in [6.07, 6.45) is 10.0. The highest BCUT2D eigenvalue weighted by molar-refractivity contribution is 5.10. The van der Waals surface area contributed by atoms with Crippen LogP contribution < -0.4 is 0 Å². The molecule has 0 heteroatoms. The number of hydrogen-bond acceptors (Lipinski definition) is 0. The van der Waals surface area contributed by atoms with Gasteiger partial charge < -0.3 is 0 Å². The van der Waals surface area contributed by atoms with Gasteiger partial charge in [-0.15, -0.1) is 0 Å². The van der Waals surface area contributed by atoms with Crippen molar-refractivity contribution in [2.75, 3.05) is 0 Å². The van der Waals surface area contributed by atoms with Crippen LogP contribution in [0.3, 0.4) is 0 Å². The summed E-state index contributed by atoms with van der Waals surface area (Å²) in [6.45, 7) is 9.53. The van der Waals surface area contributed by atoms with Gasteiger partial charge in [-0.3, -0.25) is 0 Å². The maximum absolute atomic E-state index is 2.52. The van der Waals surface area contributed by atoms with E-state index in [0.717, 1.165) is 5.41 Å². The van der Waals surface area contributed by atoms with Crippen molar-refractivity contribution in [1.82, 2.24) is 0 Å². The van der Waals surface area contributed by atoms with Crippen LogP contribution >= 0.6 is 0 Å². The Bertz CT molecular complexity index is 157. The van der Waals surface area contributed by atoms with Crippen molar-refractivity contribution in [2.45, 2.75) is 72.6 Å². The monoisotopic (exact) mass is 182 g/mol. The third-order valence-electron chi connectivity index (χ3n) is 4.37. The zero-order chi connectivity index (χ0) is 9.95. The van der Waals surface area contributed by atoms with E-state index in [1.807, 2.05) is 0 Å². The second-order valence-electron chi connectivity index (χ2n) is 5.22. The van der Waals surface area contributed by atoms with Gasteiger partial charge in [0.05, 0.1) is 0 Å². The minimum atomic E-state index is 0.716. The van der Waals surface area contributed by atoms with Crippen molar-refractivity contribution in [3.63, 3.8) is 0 Å². The van der Waals surface area contributed by atoms with Gasteiger partial charge in [0.1, 0.15) is 0 Å². The van der Waals surface area contributed by atoms with E-state index >= 15 is 0 Å². The Morgan fingerprint density at radius 1 is 1.00 bits per heavy atom. The molecule has 0 heterocycles. The molecule has 0 aromatic rings. The number of hydrogen-bond donors (Lipinski definition) is 0. The molecule has 0 aromatic heterocycles. The van der Waals surface area contributed by atoms with Gasteiger partial charge in [-0.1, -0.05) is 47.0 Å². The van der Waals surface area contributed by atoms with Crippen molar-refractivity contribution in [3.8, 4) is 0 Å². The first-order chi connectivity index (χ1) is 6.14. The molecule has 0 saturated heterocycles. The highest BCUT2D eigenvalue weighted by atomic mass is 14.6. The van der Waals surface area contributed by atoms with Gasteiger partial charge in [0.15, 0.2) is 0 Å². The van der Waals surface area contributed by atoms with Gasteiger partial charge in [0.2, 0.25) is 0 Å². The molecule has 1 aliphatic rings. The largest absolute Gasteiger partial charge is 0.0654 e. The summed E-state index contributed by atoms with van der Waals surface area (Å²) in [4.78, 5) is 0. The fourth-order valence-corrected chi connectivity index (χ4v) is 3.22. The molecule has 0 aliphatic heterocycles. The molecule has 0 aromatic carbocycles. The molecular weight excluding hydrogens is 156 g/mol. The second-order valence-corrected chi connectivity index (χ2v) is 5.22. The average Bonchev–Trinajstić information content (AvgIpc) is 2.70. The molecule has 2 unspecified atom stereocenters. The summed E-state index contributed by atoms with van der Waals surface area (Å²) in [5, 5.41) is 0. The van der Waals surface area contributed by atoms with Gasteiger partial charge in [-0.25, -0.2) is 0 Å². The van der Waals surface area contributed by atoms with E-state index < -0.39 is 0 Å². The quantitative estimate of drug-likeness (QED) is 0.554. The molecule has 1 rings (SSSR count). The minimum absolute atomic E-state index is 0.716. The lowest BCUT2D eigenvalue weighted by Gasteiger charge is -2.20. The van der Waals surface area contributed by atoms with E-state index in [4.69, 9.17) is 0 Å². The van der Waals surface area contributed by atoms with E-state index in [1.54, 1.807) is 0 Å². The number of rotatable bonds is 6. The summed E-state index contributed by atoms with van der Waals surface area (Å²) in [7, 11) is 0. The zero-order valence-electron chi connectivity index (χ0n) is 9.95. The summed E-state index contributed by atoms with van der Waals surface area (Å²) in [6, 6.07) is 0. The molecule has 1 aliphatic carbocycles. The maximum atomic E-state index is 2.52. The molecular formula is C13H26. The fraction of sp³-hybridized carbons (Fsp3) is 1.00. The Hall–Kier alpha value is 0. The van der Waals surface area contributed by atoms with Crippen LogP contribution in [-0.4, -0.2) is 0 Å². The van der Waals surface area contributed by atoms with Crippen LogP contribution in [0, 0.1) is 10.8 Å². The third kappa shape index (κ3) is 1.92. The predicted molar refractivity (Wildman–Crippen MR) is 59.9 cm³/mol. The molecule has 78 valence electrons. The lowest BCUT2D eigenvalue weighted by atomic mass is 9.84. The molecule has 13 heavy (non-hydrogen) atoms. The van der Waals surface area contributed by atoms with Crippen molar-refractivity contribution in [2.24, 2.45) is 10.8 Å². The smallest absolute Gasteiger partial charge is 0.0241 e. The normalized spacial score (nSPS) is 37.8. The molecule has 0 amide bonds. The standard InChI is InChI=1S/C13H26/c1-5-8-10-12(4)11-13(12,7-3)9-6-2/h5-11H2,1-4H3. The minimum Gasteiger partial charge on any atom is -0.0654 e. The van der Waals surface area contributed by atoms with Gasteiger partial charge in [-0.05, 0) is 36.5 Å². The Morgan fingerprint density at radius 3 is 2.15 bits per heavy atom. The highest BCUT2D eigenvalue weighted by Gasteiger charge is 2.60. The SMILES string of the molecule is CCCCC1(C)CC1(CC)CCC. The van der Waals surface area contributed by atoms with Gasteiger partial charge in [0, 0.05) is 0 Å². The van der Waals surface area contributed by atoms with Gasteiger partial charge in [0.25, 0.3) is 0 Å². The van der Waals surface area contributed by atoms with Crippen molar-refractivity contribution in [3.05, 3.63) is 0 Å². The van der Waals surface area contributed by atoms with E-state index in [9.17, 15) is 0 Å². The Balaban J connectivity index is 2.45. The first kappa shape index (κ1) is 11.1. The lowest BCUT2D eigenvalue weighted by Crippen LogP contribution is -2.10. The Labute approximate surface area is 84.1 Å². The highest BCUT2D eigenvalue weighted by Crippen LogP contribution is 2.70. The van der Waals surface area contributed by atoms with E-state index in [-0.39, 0.29) is 0 Å². The van der Waals surface area contributed by atoms with Gasteiger partial charge in [-0.2, -0.15) is 0 Å². The van der Waals surface area contributed by atoms with Gasteiger partial charge >= 0.3 is 0 Å². The molecule has 0 spiro atoms. The number of unbranched alkanes of at least 4 members (excludes halogenated alkanes) is 1. The summed E-state index contributed by atoms with van der Waals surface area (Å²) >= 11 is 0. The molecule has 0 bridgehead atoms. The van der Waals surface area contributed by atoms with E-state index in [1.165, 1.54) is 44.9 Å². The zero-order valence-corrected chi connectivity index (χ0v) is 9.95. The Morgan fingerprint density at radius 2 is 1.69 bits per heavy atom. The lowest BCUT2D eigenvalue weighted by molar-refractivity contribution is 0.299. The topological polar surface area (TPSA) is 0 Å². The molecule has 2 atom stereocenters. The summed E-state index contributed by atoms with van der Waals surface area (Å²) in [5.74, 6) is 0. The average molecular weight is 182 g/mol. The van der Waals surface area contributed by atoms with Crippen LogP contribution in [0.4, 0.5) is 0 Å². The molecule has 1 fully saturated rings. The third-order valence-corrected chi connectivity index (χ3v) is 4.37. The summed E-state index contributed by atoms with van der Waals surface area (Å²) < 4.78 is 0. The molecule has 1 saturated carbocycles. The Kier molecular flexibility index (Phi) is 3.43. The van der Waals surface area contributed by atoms with Crippen molar-refractivity contribution in [1.29, 1.82) is 0 Å². The molecule has 0 nitrogen and oxygen atoms in total. The van der Waals surface area contributed by atoms with E-state index in [2.05, 4.69) is 27.7 Å². The maximum Gasteiger partial charge on any atom is -0.0241 e. The van der Waals surface area contributed by atoms with Crippen LogP contribution in [0.1, 0.15) is 72.6 Å². The van der Waals surface area contributed by atoms with Crippen LogP contribution in [0.25, 0.3) is 0 Å². The van der Waals surface area contributed by atoms with Crippen LogP contribution in [0.15, 0.2) is 0 Å². The fourth-order valence-electron chi connectivity index (χ4n) is 3.22. The van der Waals surface area contributed by atoms with Crippen molar-refractivity contribution < 1.29 is 0 Å².